The second kappa shape index (κ2) is 8.34. The van der Waals surface area contributed by atoms with Gasteiger partial charge in [-0.25, -0.2) is 9.37 Å². The predicted molar refractivity (Wildman–Crippen MR) is 101 cm³/mol. The molecule has 150 valence electrons. The van der Waals surface area contributed by atoms with Gasteiger partial charge in [0, 0.05) is 37.5 Å². The number of hydrogen-bond acceptors (Lipinski definition) is 7. The van der Waals surface area contributed by atoms with Crippen LogP contribution in [-0.4, -0.2) is 51.1 Å². The van der Waals surface area contributed by atoms with E-state index in [1.165, 1.54) is 19.2 Å². The second-order valence-corrected chi connectivity index (χ2v) is 6.92. The van der Waals surface area contributed by atoms with Crippen LogP contribution in [0.15, 0.2) is 41.3 Å². The summed E-state index contributed by atoms with van der Waals surface area (Å²) in [5.74, 6) is 0.460. The molecule has 3 aromatic rings. The molecule has 9 heteroatoms. The number of methoxy groups -OCH3 is 1. The molecule has 1 aliphatic heterocycles. The lowest BCUT2D eigenvalue weighted by molar-refractivity contribution is 0.0667. The van der Waals surface area contributed by atoms with E-state index < -0.39 is 5.82 Å². The molecule has 0 aliphatic carbocycles. The first-order valence-electron chi connectivity index (χ1n) is 9.36. The van der Waals surface area contributed by atoms with E-state index in [4.69, 9.17) is 9.26 Å². The largest absolute Gasteiger partial charge is 0.494 e. The zero-order valence-corrected chi connectivity index (χ0v) is 15.9. The van der Waals surface area contributed by atoms with Gasteiger partial charge < -0.3 is 14.2 Å². The SMILES string of the molecule is COc1ccc(C(=O)N2CCC[C@H](Cc3nc(-c4cnccn4)no3)C2)cc1F. The van der Waals surface area contributed by atoms with E-state index in [0.29, 0.717) is 42.5 Å². The van der Waals surface area contributed by atoms with Crippen LogP contribution >= 0.6 is 0 Å². The minimum Gasteiger partial charge on any atom is -0.494 e. The first kappa shape index (κ1) is 19.0. The van der Waals surface area contributed by atoms with Crippen molar-refractivity contribution in [3.05, 3.63) is 54.1 Å². The number of aromatic nitrogens is 4. The lowest BCUT2D eigenvalue weighted by Gasteiger charge is -2.32. The fraction of sp³-hybridized carbons (Fsp3) is 0.350. The highest BCUT2D eigenvalue weighted by molar-refractivity contribution is 5.94. The van der Waals surface area contributed by atoms with E-state index in [9.17, 15) is 9.18 Å². The van der Waals surface area contributed by atoms with Crippen LogP contribution in [0.4, 0.5) is 4.39 Å². The average molecular weight is 397 g/mol. The van der Waals surface area contributed by atoms with Gasteiger partial charge in [-0.1, -0.05) is 5.16 Å². The third kappa shape index (κ3) is 4.23. The van der Waals surface area contributed by atoms with E-state index in [1.54, 1.807) is 29.6 Å². The van der Waals surface area contributed by atoms with Crippen LogP contribution in [0.25, 0.3) is 11.5 Å². The Bertz CT molecular complexity index is 995. The lowest BCUT2D eigenvalue weighted by atomic mass is 9.94. The number of ether oxygens (including phenoxy) is 1. The van der Waals surface area contributed by atoms with Crippen molar-refractivity contribution in [2.24, 2.45) is 5.92 Å². The molecule has 1 atom stereocenters. The minimum atomic E-state index is -0.547. The third-order valence-corrected chi connectivity index (χ3v) is 4.93. The molecule has 3 heterocycles. The molecule has 0 N–H and O–H groups in total. The molecule has 0 radical (unpaired) electrons. The number of benzene rings is 1. The van der Waals surface area contributed by atoms with Crippen molar-refractivity contribution in [3.8, 4) is 17.3 Å². The van der Waals surface area contributed by atoms with Gasteiger partial charge in [0.2, 0.25) is 11.7 Å². The van der Waals surface area contributed by atoms with Gasteiger partial charge in [0.15, 0.2) is 11.6 Å². The molecule has 8 nitrogen and oxygen atoms in total. The van der Waals surface area contributed by atoms with Gasteiger partial charge in [-0.05, 0) is 37.0 Å². The zero-order valence-electron chi connectivity index (χ0n) is 15.9. The quantitative estimate of drug-likeness (QED) is 0.653. The van der Waals surface area contributed by atoms with E-state index >= 15 is 0 Å². The van der Waals surface area contributed by atoms with Gasteiger partial charge in [0.05, 0.1) is 13.3 Å². The molecule has 2 aromatic heterocycles. The van der Waals surface area contributed by atoms with Crippen molar-refractivity contribution in [2.45, 2.75) is 19.3 Å². The summed E-state index contributed by atoms with van der Waals surface area (Å²) in [7, 11) is 1.39. The monoisotopic (exact) mass is 397 g/mol. The standard InChI is InChI=1S/C20H20FN5O3/c1-28-17-5-4-14(10-15(17)21)20(27)26-8-2-3-13(12-26)9-18-24-19(25-29-18)16-11-22-6-7-23-16/h4-7,10-11,13H,2-3,8-9,12H2,1H3/t13-/m1/s1. The third-order valence-electron chi connectivity index (χ3n) is 4.93. The lowest BCUT2D eigenvalue weighted by Crippen LogP contribution is -2.40. The van der Waals surface area contributed by atoms with Crippen molar-refractivity contribution in [2.75, 3.05) is 20.2 Å². The number of amides is 1. The maximum atomic E-state index is 14.0. The number of carbonyl (C=O) groups excluding carboxylic acids is 1. The van der Waals surface area contributed by atoms with Crippen molar-refractivity contribution < 1.29 is 18.4 Å². The number of rotatable bonds is 5. The average Bonchev–Trinajstić information content (AvgIpc) is 3.22. The molecule has 4 rings (SSSR count). The van der Waals surface area contributed by atoms with Gasteiger partial charge in [0.1, 0.15) is 5.69 Å². The normalized spacial score (nSPS) is 16.6. The maximum Gasteiger partial charge on any atom is 0.253 e. The van der Waals surface area contributed by atoms with Crippen molar-refractivity contribution in [1.29, 1.82) is 0 Å². The van der Waals surface area contributed by atoms with Crippen LogP contribution in [0.5, 0.6) is 5.75 Å². The number of nitrogens with zero attached hydrogens (tertiary/aromatic N) is 5. The number of likely N-dealkylation sites (tertiary alicyclic amines) is 1. The Labute approximate surface area is 166 Å². The van der Waals surface area contributed by atoms with Gasteiger partial charge >= 0.3 is 0 Å². The Morgan fingerprint density at radius 2 is 2.28 bits per heavy atom. The molecule has 1 saturated heterocycles. The number of carbonyl (C=O) groups is 1. The predicted octanol–water partition coefficient (Wildman–Crippen LogP) is 2.77. The van der Waals surface area contributed by atoms with E-state index in [1.807, 2.05) is 0 Å². The first-order chi connectivity index (χ1) is 14.1. The van der Waals surface area contributed by atoms with Crippen LogP contribution in [0, 0.1) is 11.7 Å². The molecule has 0 saturated carbocycles. The molecule has 0 unspecified atom stereocenters. The molecule has 1 aromatic carbocycles. The Morgan fingerprint density at radius 3 is 3.03 bits per heavy atom. The molecular formula is C20H20FN5O3. The van der Waals surface area contributed by atoms with Crippen LogP contribution in [-0.2, 0) is 6.42 Å². The van der Waals surface area contributed by atoms with E-state index in [2.05, 4.69) is 20.1 Å². The van der Waals surface area contributed by atoms with Crippen LogP contribution in [0.3, 0.4) is 0 Å². The van der Waals surface area contributed by atoms with E-state index in [0.717, 1.165) is 12.8 Å². The maximum absolute atomic E-state index is 14.0. The molecule has 1 aliphatic rings. The molecule has 0 bridgehead atoms. The highest BCUT2D eigenvalue weighted by Gasteiger charge is 2.27. The number of halogens is 1. The molecular weight excluding hydrogens is 377 g/mol. The Balaban J connectivity index is 1.41. The number of piperidine rings is 1. The second-order valence-electron chi connectivity index (χ2n) is 6.92. The van der Waals surface area contributed by atoms with Crippen LogP contribution < -0.4 is 4.74 Å². The van der Waals surface area contributed by atoms with Gasteiger partial charge in [-0.2, -0.15) is 4.98 Å². The summed E-state index contributed by atoms with van der Waals surface area (Å²) in [6, 6.07) is 4.27. The summed E-state index contributed by atoms with van der Waals surface area (Å²) < 4.78 is 24.2. The molecule has 0 spiro atoms. The van der Waals surface area contributed by atoms with Crippen molar-refractivity contribution in [1.82, 2.24) is 25.0 Å². The fourth-order valence-corrected chi connectivity index (χ4v) is 3.50. The fourth-order valence-electron chi connectivity index (χ4n) is 3.50. The Morgan fingerprint density at radius 1 is 1.38 bits per heavy atom. The first-order valence-corrected chi connectivity index (χ1v) is 9.36. The minimum absolute atomic E-state index is 0.119. The summed E-state index contributed by atoms with van der Waals surface area (Å²) in [5, 5.41) is 3.96. The van der Waals surface area contributed by atoms with Gasteiger partial charge in [0.25, 0.3) is 5.91 Å². The van der Waals surface area contributed by atoms with Crippen LogP contribution in [0.2, 0.25) is 0 Å². The summed E-state index contributed by atoms with van der Waals surface area (Å²) in [4.78, 5) is 27.1. The van der Waals surface area contributed by atoms with E-state index in [-0.39, 0.29) is 17.6 Å². The summed E-state index contributed by atoms with van der Waals surface area (Å²) in [6.45, 7) is 1.19. The van der Waals surface area contributed by atoms with Crippen LogP contribution in [0.1, 0.15) is 29.1 Å². The highest BCUT2D eigenvalue weighted by atomic mass is 19.1. The molecule has 1 amide bonds. The van der Waals surface area contributed by atoms with Crippen molar-refractivity contribution >= 4 is 5.91 Å². The smallest absolute Gasteiger partial charge is 0.253 e. The Hall–Kier alpha value is -3.36. The van der Waals surface area contributed by atoms with Crippen molar-refractivity contribution in [3.63, 3.8) is 0 Å². The highest BCUT2D eigenvalue weighted by Crippen LogP contribution is 2.24. The summed E-state index contributed by atoms with van der Waals surface area (Å²) >= 11 is 0. The van der Waals surface area contributed by atoms with Gasteiger partial charge in [-0.3, -0.25) is 9.78 Å². The summed E-state index contributed by atoms with van der Waals surface area (Å²) in [5.41, 5.74) is 0.858. The number of hydrogen-bond donors (Lipinski definition) is 0. The topological polar surface area (TPSA) is 94.2 Å². The molecule has 29 heavy (non-hydrogen) atoms. The zero-order chi connectivity index (χ0) is 20.2. The molecule has 1 fully saturated rings. The van der Waals surface area contributed by atoms with Gasteiger partial charge in [-0.15, -0.1) is 0 Å². The Kier molecular flexibility index (Phi) is 5.46. The summed E-state index contributed by atoms with van der Waals surface area (Å²) in [6.07, 6.45) is 7.09.